The zero-order valence-electron chi connectivity index (χ0n) is 20.8. The highest BCUT2D eigenvalue weighted by Gasteiger charge is 2.38. The molecule has 6 rings (SSSR count). The average Bonchev–Trinajstić information content (AvgIpc) is 3.58. The SMILES string of the molecule is O=C1NC(CO)C(=O)N1c1ccc(Cc2nc3c([nH]2)c(=O)n(Cc2ccccc2F)c(=O)n3CC2CC2)cc1. The molecule has 2 aromatic carbocycles. The minimum Gasteiger partial charge on any atom is -0.394 e. The van der Waals surface area contributed by atoms with Gasteiger partial charge in [-0.2, -0.15) is 0 Å². The van der Waals surface area contributed by atoms with Gasteiger partial charge < -0.3 is 15.4 Å². The van der Waals surface area contributed by atoms with Crippen molar-refractivity contribution in [1.82, 2.24) is 24.4 Å². The van der Waals surface area contributed by atoms with Crippen molar-refractivity contribution in [3.63, 3.8) is 0 Å². The lowest BCUT2D eigenvalue weighted by molar-refractivity contribution is -0.119. The summed E-state index contributed by atoms with van der Waals surface area (Å²) in [5, 5.41) is 11.7. The summed E-state index contributed by atoms with van der Waals surface area (Å²) in [6.45, 7) is -0.258. The maximum absolute atomic E-state index is 14.3. The Balaban J connectivity index is 1.33. The number of aliphatic hydroxyl groups excluding tert-OH is 1. The first-order valence-electron chi connectivity index (χ1n) is 12.6. The van der Waals surface area contributed by atoms with E-state index in [4.69, 9.17) is 0 Å². The molecule has 2 fully saturated rings. The van der Waals surface area contributed by atoms with Crippen molar-refractivity contribution in [2.45, 2.75) is 38.4 Å². The van der Waals surface area contributed by atoms with Crippen LogP contribution in [0, 0.1) is 11.7 Å². The molecule has 0 bridgehead atoms. The predicted octanol–water partition coefficient (Wildman–Crippen LogP) is 1.49. The molecule has 3 amide bonds. The number of rotatable bonds is 8. The number of imidazole rings is 1. The summed E-state index contributed by atoms with van der Waals surface area (Å²) in [6.07, 6.45) is 2.26. The van der Waals surface area contributed by atoms with Crippen molar-refractivity contribution in [1.29, 1.82) is 0 Å². The third-order valence-corrected chi connectivity index (χ3v) is 7.10. The Bertz CT molecular complexity index is 1720. The Kier molecular flexibility index (Phi) is 6.10. The van der Waals surface area contributed by atoms with E-state index >= 15 is 0 Å². The number of urea groups is 1. The number of imide groups is 1. The molecule has 4 aromatic rings. The van der Waals surface area contributed by atoms with Gasteiger partial charge >= 0.3 is 11.7 Å². The van der Waals surface area contributed by atoms with E-state index < -0.39 is 41.7 Å². The molecule has 3 heterocycles. The summed E-state index contributed by atoms with van der Waals surface area (Å²) < 4.78 is 16.9. The smallest absolute Gasteiger partial charge is 0.333 e. The molecular weight excluding hydrogens is 507 g/mol. The quantitative estimate of drug-likeness (QED) is 0.294. The molecule has 0 spiro atoms. The lowest BCUT2D eigenvalue weighted by Gasteiger charge is -2.13. The molecule has 1 saturated heterocycles. The monoisotopic (exact) mass is 532 g/mol. The van der Waals surface area contributed by atoms with Gasteiger partial charge in [-0.1, -0.05) is 30.3 Å². The highest BCUT2D eigenvalue weighted by atomic mass is 19.1. The number of nitrogens with zero attached hydrogens (tertiary/aromatic N) is 4. The normalized spacial score (nSPS) is 17.3. The Morgan fingerprint density at radius 3 is 2.41 bits per heavy atom. The summed E-state index contributed by atoms with van der Waals surface area (Å²) in [5.41, 5.74) is 0.721. The van der Waals surface area contributed by atoms with Gasteiger partial charge in [-0.25, -0.2) is 23.9 Å². The summed E-state index contributed by atoms with van der Waals surface area (Å²) in [4.78, 5) is 59.8. The van der Waals surface area contributed by atoms with E-state index in [1.165, 1.54) is 10.6 Å². The molecule has 1 unspecified atom stereocenters. The second kappa shape index (κ2) is 9.62. The summed E-state index contributed by atoms with van der Waals surface area (Å²) in [5.74, 6) is -0.245. The van der Waals surface area contributed by atoms with Crippen LogP contribution in [0.15, 0.2) is 58.1 Å². The van der Waals surface area contributed by atoms with Crippen LogP contribution in [0.25, 0.3) is 11.2 Å². The van der Waals surface area contributed by atoms with Crippen molar-refractivity contribution >= 4 is 28.8 Å². The lowest BCUT2D eigenvalue weighted by atomic mass is 10.1. The number of carbonyl (C=O) groups excluding carboxylic acids is 2. The number of nitrogens with one attached hydrogen (secondary N) is 2. The minimum absolute atomic E-state index is 0.174. The molecule has 11 nitrogen and oxygen atoms in total. The molecule has 39 heavy (non-hydrogen) atoms. The van der Waals surface area contributed by atoms with E-state index in [0.717, 1.165) is 27.9 Å². The lowest BCUT2D eigenvalue weighted by Crippen LogP contribution is -2.40. The number of H-pyrrole nitrogens is 1. The van der Waals surface area contributed by atoms with Crippen LogP contribution >= 0.6 is 0 Å². The number of hydrogen-bond acceptors (Lipinski definition) is 6. The molecule has 12 heteroatoms. The highest BCUT2D eigenvalue weighted by molar-refractivity contribution is 6.21. The Morgan fingerprint density at radius 2 is 1.74 bits per heavy atom. The molecule has 3 N–H and O–H groups in total. The number of anilines is 1. The number of aliphatic hydroxyl groups is 1. The molecule has 1 saturated carbocycles. The Hall–Kier alpha value is -4.58. The molecule has 1 aliphatic carbocycles. The summed E-state index contributed by atoms with van der Waals surface area (Å²) >= 11 is 0. The van der Waals surface area contributed by atoms with Gasteiger partial charge in [-0.15, -0.1) is 0 Å². The van der Waals surface area contributed by atoms with Crippen molar-refractivity contribution in [2.24, 2.45) is 5.92 Å². The number of amides is 3. The van der Waals surface area contributed by atoms with Gasteiger partial charge in [0.05, 0.1) is 18.8 Å². The van der Waals surface area contributed by atoms with Crippen LogP contribution in [-0.4, -0.2) is 48.8 Å². The van der Waals surface area contributed by atoms with Crippen LogP contribution in [-0.2, 0) is 24.3 Å². The fourth-order valence-corrected chi connectivity index (χ4v) is 4.81. The molecule has 2 aromatic heterocycles. The fourth-order valence-electron chi connectivity index (χ4n) is 4.81. The Labute approximate surface area is 220 Å². The van der Waals surface area contributed by atoms with Crippen molar-refractivity contribution in [3.8, 4) is 0 Å². The number of fused-ring (bicyclic) bond motifs is 1. The zero-order valence-corrected chi connectivity index (χ0v) is 20.8. The van der Waals surface area contributed by atoms with E-state index in [-0.39, 0.29) is 23.3 Å². The van der Waals surface area contributed by atoms with Crippen LogP contribution in [0.3, 0.4) is 0 Å². The largest absolute Gasteiger partial charge is 0.394 e. The summed E-state index contributed by atoms with van der Waals surface area (Å²) in [6, 6.07) is 11.1. The third kappa shape index (κ3) is 4.52. The van der Waals surface area contributed by atoms with E-state index in [0.29, 0.717) is 30.4 Å². The molecule has 2 aliphatic rings. The van der Waals surface area contributed by atoms with Gasteiger partial charge in [0, 0.05) is 18.5 Å². The molecule has 200 valence electrons. The van der Waals surface area contributed by atoms with Gasteiger partial charge in [-0.3, -0.25) is 18.7 Å². The highest BCUT2D eigenvalue weighted by Crippen LogP contribution is 2.30. The van der Waals surface area contributed by atoms with Crippen molar-refractivity contribution in [2.75, 3.05) is 11.5 Å². The number of halogens is 1. The molecule has 1 atom stereocenters. The first kappa shape index (κ1) is 24.7. The number of carbonyl (C=O) groups is 2. The van der Waals surface area contributed by atoms with Gasteiger partial charge in [-0.05, 0) is 42.5 Å². The minimum atomic E-state index is -0.969. The third-order valence-electron chi connectivity index (χ3n) is 7.10. The predicted molar refractivity (Wildman–Crippen MR) is 139 cm³/mol. The topological polar surface area (TPSA) is 142 Å². The standard InChI is InChI=1S/C27H25FN6O5/c28-19-4-2-1-3-17(19)13-33-25(37)22-23(32(27(33)39)12-16-5-6-16)31-21(30-22)11-15-7-9-18(10-8-15)34-24(36)20(14-35)29-26(34)38/h1-4,7-10,16,20,35H,5-6,11-14H2,(H,29,38)(H,30,31). The maximum atomic E-state index is 14.3. The molecular formula is C27H25FN6O5. The molecule has 1 aliphatic heterocycles. The van der Waals surface area contributed by atoms with Crippen LogP contribution in [0.5, 0.6) is 0 Å². The number of aromatic nitrogens is 4. The average molecular weight is 533 g/mol. The van der Waals surface area contributed by atoms with Crippen LogP contribution in [0.1, 0.15) is 29.8 Å². The fraction of sp³-hybridized carbons (Fsp3) is 0.296. The second-order valence-electron chi connectivity index (χ2n) is 9.90. The van der Waals surface area contributed by atoms with Gasteiger partial charge in [0.15, 0.2) is 5.65 Å². The number of benzene rings is 2. The second-order valence-corrected chi connectivity index (χ2v) is 9.90. The maximum Gasteiger partial charge on any atom is 0.333 e. The van der Waals surface area contributed by atoms with E-state index in [1.807, 2.05) is 0 Å². The van der Waals surface area contributed by atoms with E-state index in [9.17, 15) is 28.7 Å². The summed E-state index contributed by atoms with van der Waals surface area (Å²) in [7, 11) is 0. The Morgan fingerprint density at radius 1 is 1.00 bits per heavy atom. The van der Waals surface area contributed by atoms with Gasteiger partial charge in [0.1, 0.15) is 23.2 Å². The van der Waals surface area contributed by atoms with Crippen LogP contribution in [0.2, 0.25) is 0 Å². The number of hydrogen-bond donors (Lipinski definition) is 3. The van der Waals surface area contributed by atoms with E-state index in [1.54, 1.807) is 42.5 Å². The van der Waals surface area contributed by atoms with Crippen LogP contribution in [0.4, 0.5) is 14.9 Å². The first-order chi connectivity index (χ1) is 18.8. The zero-order chi connectivity index (χ0) is 27.3. The molecule has 0 radical (unpaired) electrons. The van der Waals surface area contributed by atoms with Gasteiger partial charge in [0.2, 0.25) is 0 Å². The van der Waals surface area contributed by atoms with E-state index in [2.05, 4.69) is 15.3 Å². The number of aromatic amines is 1. The van der Waals surface area contributed by atoms with Gasteiger partial charge in [0.25, 0.3) is 11.5 Å². The van der Waals surface area contributed by atoms with Crippen LogP contribution < -0.4 is 21.5 Å². The first-order valence-corrected chi connectivity index (χ1v) is 12.6. The van der Waals surface area contributed by atoms with Crippen molar-refractivity contribution < 1.29 is 19.1 Å². The van der Waals surface area contributed by atoms with Crippen molar-refractivity contribution in [3.05, 3.63) is 92.1 Å².